The summed E-state index contributed by atoms with van der Waals surface area (Å²) < 4.78 is 70.3. The van der Waals surface area contributed by atoms with E-state index in [0.717, 1.165) is 40.3 Å². The van der Waals surface area contributed by atoms with Gasteiger partial charge in [0.15, 0.2) is 0 Å². The van der Waals surface area contributed by atoms with Crippen molar-refractivity contribution in [2.45, 2.75) is 71.1 Å². The minimum absolute atomic E-state index is 0.0992. The third-order valence-electron chi connectivity index (χ3n) is 9.51. The summed E-state index contributed by atoms with van der Waals surface area (Å²) in [5.41, 5.74) is 11.1. The molecule has 0 aliphatic heterocycles. The quantitative estimate of drug-likeness (QED) is 0.102. The molecule has 5 rings (SSSR count). The van der Waals surface area contributed by atoms with Gasteiger partial charge in [-0.05, 0) is 130 Å². The lowest BCUT2D eigenvalue weighted by Gasteiger charge is -2.29. The van der Waals surface area contributed by atoms with E-state index >= 15 is 0 Å². The van der Waals surface area contributed by atoms with Crippen molar-refractivity contribution in [1.29, 1.82) is 0 Å². The number of rotatable bonds is 11. The lowest BCUT2D eigenvalue weighted by atomic mass is 9.85. The molecule has 5 aromatic rings. The fraction of sp³-hybridized carbons (Fsp3) is 0.268. The summed E-state index contributed by atoms with van der Waals surface area (Å²) in [4.78, 5) is 4.00. The van der Waals surface area contributed by atoms with E-state index in [4.69, 9.17) is 0 Å². The van der Waals surface area contributed by atoms with Crippen LogP contribution in [-0.4, -0.2) is 39.0 Å². The summed E-state index contributed by atoms with van der Waals surface area (Å²) in [6.45, 7) is 16.9. The molecule has 8 nitrogen and oxygen atoms in total. The Bertz CT molecular complexity index is 2280. The van der Waals surface area contributed by atoms with Crippen LogP contribution in [0.25, 0.3) is 0 Å². The van der Waals surface area contributed by atoms with E-state index in [1.54, 1.807) is 38.1 Å². The highest BCUT2D eigenvalue weighted by atomic mass is 32.2. The first-order chi connectivity index (χ1) is 24.0. The molecule has 0 saturated heterocycles. The minimum Gasteiger partial charge on any atom is -0.341 e. The van der Waals surface area contributed by atoms with Gasteiger partial charge in [-0.1, -0.05) is 66.2 Å². The molecule has 0 amide bonds. The van der Waals surface area contributed by atoms with Crippen molar-refractivity contribution in [3.05, 3.63) is 141 Å². The predicted molar refractivity (Wildman–Crippen MR) is 207 cm³/mol. The summed E-state index contributed by atoms with van der Waals surface area (Å²) in [5.74, 6) is -0.548. The zero-order chi connectivity index (χ0) is 37.4. The number of hydrogen-bond donors (Lipinski definition) is 2. The number of benzene rings is 5. The van der Waals surface area contributed by atoms with E-state index in [9.17, 15) is 25.9 Å². The molecule has 1 atom stereocenters. The summed E-state index contributed by atoms with van der Waals surface area (Å²) in [6.07, 6.45) is 0. The van der Waals surface area contributed by atoms with E-state index in [-0.39, 0.29) is 9.79 Å². The Balaban J connectivity index is 1.63. The molecule has 0 heterocycles. The van der Waals surface area contributed by atoms with Crippen LogP contribution >= 0.6 is 0 Å². The molecule has 0 bridgehead atoms. The highest BCUT2D eigenvalue weighted by Gasteiger charge is 2.27. The van der Waals surface area contributed by atoms with Gasteiger partial charge in [-0.3, -0.25) is 9.11 Å². The fourth-order valence-corrected chi connectivity index (χ4v) is 9.39. The molecular formula is C41H46N2O6S2. The van der Waals surface area contributed by atoms with Crippen molar-refractivity contribution in [2.75, 3.05) is 22.9 Å². The molecule has 51 heavy (non-hydrogen) atoms. The Hall–Kier alpha value is -4.48. The highest BCUT2D eigenvalue weighted by Crippen LogP contribution is 2.41. The van der Waals surface area contributed by atoms with E-state index in [0.29, 0.717) is 28.9 Å². The maximum absolute atomic E-state index is 12.7. The molecule has 0 fully saturated rings. The standard InChI is InChI=1S/C41H46N2O6S2/c1-9-42(39-27(4)23-26(3)24-28(39)5)34-19-15-32(16-20-34)38(36-13-11-12-14-37(36)50(44,45)46)33-17-21-35(22-18-33)43(10-2)40-29(6)25-30(7)41(31(40)8)51(47,48)49/h11-25,38H,9-10H2,1-8H3,(H,44,45,46)(H,47,48,49). The second-order valence-electron chi connectivity index (χ2n) is 13.2. The topological polar surface area (TPSA) is 115 Å². The molecule has 0 aliphatic carbocycles. The Morgan fingerprint density at radius 3 is 1.47 bits per heavy atom. The van der Waals surface area contributed by atoms with Gasteiger partial charge >= 0.3 is 0 Å². The van der Waals surface area contributed by atoms with Gasteiger partial charge in [0, 0.05) is 41.8 Å². The van der Waals surface area contributed by atoms with Crippen LogP contribution in [0.15, 0.2) is 101 Å². The lowest BCUT2D eigenvalue weighted by molar-refractivity contribution is 0.479. The van der Waals surface area contributed by atoms with Gasteiger partial charge < -0.3 is 9.80 Å². The second-order valence-corrected chi connectivity index (χ2v) is 15.9. The molecule has 10 heteroatoms. The van der Waals surface area contributed by atoms with Gasteiger partial charge in [-0.25, -0.2) is 0 Å². The Labute approximate surface area is 302 Å². The first-order valence-electron chi connectivity index (χ1n) is 16.9. The van der Waals surface area contributed by atoms with E-state index in [1.807, 2.05) is 67.3 Å². The molecule has 268 valence electrons. The number of aryl methyl sites for hydroxylation is 5. The van der Waals surface area contributed by atoms with E-state index in [1.165, 1.54) is 22.8 Å². The molecule has 0 radical (unpaired) electrons. The van der Waals surface area contributed by atoms with Gasteiger partial charge in [0.1, 0.15) is 4.90 Å². The van der Waals surface area contributed by atoms with Crippen molar-refractivity contribution < 1.29 is 25.9 Å². The van der Waals surface area contributed by atoms with Crippen LogP contribution in [0.5, 0.6) is 0 Å². The minimum atomic E-state index is -4.55. The fourth-order valence-electron chi connectivity index (χ4n) is 7.71. The van der Waals surface area contributed by atoms with Crippen molar-refractivity contribution in [3.8, 4) is 0 Å². The SMILES string of the molecule is CCN(c1ccc(C(c2ccc(N(CC)c3c(C)cc(C)c(S(=O)(=O)O)c3C)cc2)c2ccccc2S(=O)(=O)O)cc1)c1c(C)cc(C)cc1C. The van der Waals surface area contributed by atoms with Crippen LogP contribution in [0.4, 0.5) is 22.7 Å². The second kappa shape index (κ2) is 14.6. The Morgan fingerprint density at radius 2 is 1.02 bits per heavy atom. The Kier molecular flexibility index (Phi) is 10.8. The number of anilines is 4. The smallest absolute Gasteiger partial charge is 0.295 e. The van der Waals surface area contributed by atoms with Crippen molar-refractivity contribution >= 4 is 43.0 Å². The van der Waals surface area contributed by atoms with Crippen molar-refractivity contribution in [3.63, 3.8) is 0 Å². The molecule has 0 spiro atoms. The maximum atomic E-state index is 12.7. The van der Waals surface area contributed by atoms with Crippen LogP contribution < -0.4 is 9.80 Å². The molecule has 0 saturated carbocycles. The van der Waals surface area contributed by atoms with Gasteiger partial charge in [0.05, 0.1) is 4.90 Å². The molecule has 2 N–H and O–H groups in total. The zero-order valence-corrected chi connectivity index (χ0v) is 32.0. The molecule has 0 aliphatic rings. The highest BCUT2D eigenvalue weighted by molar-refractivity contribution is 7.86. The molecule has 5 aromatic carbocycles. The van der Waals surface area contributed by atoms with Crippen LogP contribution in [0.1, 0.15) is 69.8 Å². The Morgan fingerprint density at radius 1 is 0.569 bits per heavy atom. The monoisotopic (exact) mass is 726 g/mol. The summed E-state index contributed by atoms with van der Waals surface area (Å²) >= 11 is 0. The summed E-state index contributed by atoms with van der Waals surface area (Å²) in [6, 6.07) is 28.4. The average molecular weight is 727 g/mol. The van der Waals surface area contributed by atoms with E-state index < -0.39 is 26.2 Å². The molecular weight excluding hydrogens is 681 g/mol. The van der Waals surface area contributed by atoms with Gasteiger partial charge in [0.2, 0.25) is 0 Å². The van der Waals surface area contributed by atoms with Gasteiger partial charge in [0.25, 0.3) is 20.2 Å². The lowest BCUT2D eigenvalue weighted by Crippen LogP contribution is -2.20. The molecule has 1 unspecified atom stereocenters. The van der Waals surface area contributed by atoms with Crippen LogP contribution in [0, 0.1) is 41.5 Å². The van der Waals surface area contributed by atoms with Gasteiger partial charge in [-0.2, -0.15) is 16.8 Å². The number of hydrogen-bond acceptors (Lipinski definition) is 6. The first-order valence-corrected chi connectivity index (χ1v) is 19.8. The van der Waals surface area contributed by atoms with Crippen LogP contribution in [0.2, 0.25) is 0 Å². The maximum Gasteiger partial charge on any atom is 0.295 e. The average Bonchev–Trinajstić information content (AvgIpc) is 3.04. The van der Waals surface area contributed by atoms with Gasteiger partial charge in [-0.15, -0.1) is 0 Å². The largest absolute Gasteiger partial charge is 0.341 e. The molecule has 0 aromatic heterocycles. The van der Waals surface area contributed by atoms with Crippen LogP contribution in [0.3, 0.4) is 0 Å². The summed E-state index contributed by atoms with van der Waals surface area (Å²) in [7, 11) is -9.00. The van der Waals surface area contributed by atoms with Crippen molar-refractivity contribution in [1.82, 2.24) is 0 Å². The number of nitrogens with zero attached hydrogens (tertiary/aromatic N) is 2. The van der Waals surface area contributed by atoms with Crippen molar-refractivity contribution in [2.24, 2.45) is 0 Å². The predicted octanol–water partition coefficient (Wildman–Crippen LogP) is 9.53. The zero-order valence-electron chi connectivity index (χ0n) is 30.4. The van der Waals surface area contributed by atoms with Crippen LogP contribution in [-0.2, 0) is 20.2 Å². The normalized spacial score (nSPS) is 12.5. The third-order valence-corrected chi connectivity index (χ3v) is 11.6. The third kappa shape index (κ3) is 7.60. The van der Waals surface area contributed by atoms with E-state index in [2.05, 4.69) is 44.7 Å². The first kappa shape index (κ1) is 37.8. The summed E-state index contributed by atoms with van der Waals surface area (Å²) in [5, 5.41) is 0.